The molecule has 0 fully saturated rings. The summed E-state index contributed by atoms with van der Waals surface area (Å²) in [5, 5.41) is 0. The molecular weight excluding hydrogens is 340 g/mol. The maximum absolute atomic E-state index is 12.1. The van der Waals surface area contributed by atoms with E-state index in [4.69, 9.17) is 14.2 Å². The Bertz CT molecular complexity index is 588. The molecule has 0 amide bonds. The van der Waals surface area contributed by atoms with Gasteiger partial charge in [0, 0.05) is 13.7 Å². The fourth-order valence-corrected chi connectivity index (χ4v) is 2.38. The molecule has 4 heteroatoms. The van der Waals surface area contributed by atoms with Crippen LogP contribution in [0.3, 0.4) is 0 Å². The Morgan fingerprint density at radius 1 is 1.11 bits per heavy atom. The molecule has 0 aliphatic heterocycles. The number of carbonyl (C=O) groups excluding carboxylic acids is 1. The molecule has 0 atom stereocenters. The number of carbonyl (C=O) groups is 1. The highest BCUT2D eigenvalue weighted by atomic mass is 16.5. The Balaban J connectivity index is 0.00000326. The molecule has 0 unspecified atom stereocenters. The van der Waals surface area contributed by atoms with Crippen LogP contribution in [0.5, 0.6) is 0 Å². The summed E-state index contributed by atoms with van der Waals surface area (Å²) in [6.07, 6.45) is 8.47. The van der Waals surface area contributed by atoms with Gasteiger partial charge in [0.25, 0.3) is 0 Å². The molecule has 0 aliphatic rings. The number of hydrogen-bond donors (Lipinski definition) is 0. The number of aryl methyl sites for hydroxylation is 1. The lowest BCUT2D eigenvalue weighted by Gasteiger charge is -2.08. The predicted octanol–water partition coefficient (Wildman–Crippen LogP) is 5.64. The summed E-state index contributed by atoms with van der Waals surface area (Å²) >= 11 is 0. The van der Waals surface area contributed by atoms with Crippen molar-refractivity contribution in [2.75, 3.05) is 26.9 Å². The number of hydrogen-bond acceptors (Lipinski definition) is 4. The molecule has 152 valence electrons. The van der Waals surface area contributed by atoms with E-state index in [0.29, 0.717) is 25.4 Å². The maximum Gasteiger partial charge on any atom is 0.338 e. The third kappa shape index (κ3) is 10.6. The second kappa shape index (κ2) is 16.1. The summed E-state index contributed by atoms with van der Waals surface area (Å²) in [6, 6.07) is 5.84. The molecule has 1 aromatic rings. The zero-order chi connectivity index (χ0) is 20.5. The Kier molecular flexibility index (Phi) is 14.9. The van der Waals surface area contributed by atoms with Crippen LogP contribution in [-0.2, 0) is 20.6 Å². The zero-order valence-corrected chi connectivity index (χ0v) is 17.8. The van der Waals surface area contributed by atoms with Crippen molar-refractivity contribution in [2.24, 2.45) is 0 Å². The molecule has 0 radical (unpaired) electrons. The number of benzene rings is 1. The Morgan fingerprint density at radius 2 is 1.81 bits per heavy atom. The number of allylic oxidation sites excluding steroid dienone is 3. The lowest BCUT2D eigenvalue weighted by Crippen LogP contribution is -2.09. The van der Waals surface area contributed by atoms with Crippen LogP contribution in [0.25, 0.3) is 0 Å². The van der Waals surface area contributed by atoms with Gasteiger partial charge in [0.1, 0.15) is 5.76 Å². The van der Waals surface area contributed by atoms with E-state index >= 15 is 0 Å². The second-order valence-corrected chi connectivity index (χ2v) is 5.72. The van der Waals surface area contributed by atoms with Crippen molar-refractivity contribution in [2.45, 2.75) is 53.9 Å². The Morgan fingerprint density at radius 3 is 2.41 bits per heavy atom. The Labute approximate surface area is 165 Å². The first-order chi connectivity index (χ1) is 13.1. The number of ether oxygens (including phenoxy) is 3. The summed E-state index contributed by atoms with van der Waals surface area (Å²) < 4.78 is 15.8. The normalized spacial score (nSPS) is 11.1. The minimum Gasteiger partial charge on any atom is -0.494 e. The number of methoxy groups -OCH3 is 1. The minimum absolute atomic E-state index is 0.260. The van der Waals surface area contributed by atoms with Crippen LogP contribution >= 0.6 is 0 Å². The van der Waals surface area contributed by atoms with Crippen LogP contribution in [0.1, 0.15) is 62.0 Å². The van der Waals surface area contributed by atoms with Crippen molar-refractivity contribution in [1.29, 1.82) is 0 Å². The average molecular weight is 377 g/mol. The largest absolute Gasteiger partial charge is 0.494 e. The molecule has 27 heavy (non-hydrogen) atoms. The summed E-state index contributed by atoms with van der Waals surface area (Å²) in [5.41, 5.74) is 2.71. The van der Waals surface area contributed by atoms with Gasteiger partial charge < -0.3 is 14.2 Å². The van der Waals surface area contributed by atoms with Gasteiger partial charge in [-0.3, -0.25) is 0 Å². The van der Waals surface area contributed by atoms with E-state index in [1.165, 1.54) is 0 Å². The van der Waals surface area contributed by atoms with E-state index < -0.39 is 0 Å². The third-order valence-electron chi connectivity index (χ3n) is 3.72. The second-order valence-electron chi connectivity index (χ2n) is 5.72. The van der Waals surface area contributed by atoms with Gasteiger partial charge in [0.15, 0.2) is 0 Å². The summed E-state index contributed by atoms with van der Waals surface area (Å²) in [6.45, 7) is 11.6. The van der Waals surface area contributed by atoms with Crippen LogP contribution < -0.4 is 0 Å². The fraction of sp³-hybridized carbons (Fsp3) is 0.522. The van der Waals surface area contributed by atoms with E-state index in [-0.39, 0.29) is 5.97 Å². The van der Waals surface area contributed by atoms with Crippen molar-refractivity contribution < 1.29 is 19.0 Å². The van der Waals surface area contributed by atoms with Crippen LogP contribution in [0.2, 0.25) is 0 Å². The standard InChI is InChI=1S/C21H30O4.C2H6/c1-5-19(24-6-2)11-9-10-18-12-13-20(17(3)16-18)21(22)25-15-8-7-14-23-4;1-2/h5,9,11-13,16H,6-8,10,14-15H2,1-4H3;1-2H3/b11-9-,19-5+;. The lowest BCUT2D eigenvalue weighted by molar-refractivity contribution is 0.0488. The Hall–Kier alpha value is -2.07. The summed E-state index contributed by atoms with van der Waals surface area (Å²) in [7, 11) is 1.67. The van der Waals surface area contributed by atoms with Crippen LogP contribution in [0.15, 0.2) is 42.2 Å². The van der Waals surface area contributed by atoms with E-state index in [9.17, 15) is 4.79 Å². The van der Waals surface area contributed by atoms with Crippen LogP contribution in [0.4, 0.5) is 0 Å². The molecule has 0 heterocycles. The van der Waals surface area contributed by atoms with E-state index in [1.807, 2.05) is 65.0 Å². The maximum atomic E-state index is 12.1. The molecular formula is C23H36O4. The van der Waals surface area contributed by atoms with Gasteiger partial charge in [-0.1, -0.05) is 32.1 Å². The molecule has 0 N–H and O–H groups in total. The smallest absolute Gasteiger partial charge is 0.338 e. The van der Waals surface area contributed by atoms with Crippen molar-refractivity contribution in [3.05, 3.63) is 58.9 Å². The van der Waals surface area contributed by atoms with Gasteiger partial charge in [-0.15, -0.1) is 0 Å². The monoisotopic (exact) mass is 376 g/mol. The SMILES string of the molecule is C/C=C(\C=C/Cc1ccc(C(=O)OCCCCOC)c(C)c1)OCC.CC. The van der Waals surface area contributed by atoms with Gasteiger partial charge in [0.2, 0.25) is 0 Å². The quantitative estimate of drug-likeness (QED) is 0.217. The van der Waals surface area contributed by atoms with Crippen LogP contribution in [-0.4, -0.2) is 32.9 Å². The third-order valence-corrected chi connectivity index (χ3v) is 3.72. The number of rotatable bonds is 11. The molecule has 0 aliphatic carbocycles. The first-order valence-electron chi connectivity index (χ1n) is 9.83. The highest BCUT2D eigenvalue weighted by Crippen LogP contribution is 2.14. The van der Waals surface area contributed by atoms with Crippen molar-refractivity contribution in [3.8, 4) is 0 Å². The van der Waals surface area contributed by atoms with Gasteiger partial charge in [-0.05, 0) is 69.4 Å². The zero-order valence-electron chi connectivity index (χ0n) is 17.8. The first kappa shape index (κ1) is 24.9. The van der Waals surface area contributed by atoms with Gasteiger partial charge in [-0.2, -0.15) is 0 Å². The topological polar surface area (TPSA) is 44.8 Å². The molecule has 0 spiro atoms. The summed E-state index contributed by atoms with van der Waals surface area (Å²) in [4.78, 5) is 12.1. The lowest BCUT2D eigenvalue weighted by atomic mass is 10.0. The summed E-state index contributed by atoms with van der Waals surface area (Å²) in [5.74, 6) is 0.609. The highest BCUT2D eigenvalue weighted by molar-refractivity contribution is 5.91. The predicted molar refractivity (Wildman–Crippen MR) is 112 cm³/mol. The minimum atomic E-state index is -0.260. The number of unbranched alkanes of at least 4 members (excludes halogenated alkanes) is 1. The molecule has 1 aromatic carbocycles. The molecule has 4 nitrogen and oxygen atoms in total. The van der Waals surface area contributed by atoms with Crippen LogP contribution in [0, 0.1) is 6.92 Å². The molecule has 1 rings (SSSR count). The van der Waals surface area contributed by atoms with Gasteiger partial charge in [0.05, 0.1) is 18.8 Å². The van der Waals surface area contributed by atoms with Crippen molar-refractivity contribution in [3.63, 3.8) is 0 Å². The molecule has 0 saturated carbocycles. The van der Waals surface area contributed by atoms with Gasteiger partial charge >= 0.3 is 5.97 Å². The van der Waals surface area contributed by atoms with Crippen molar-refractivity contribution in [1.82, 2.24) is 0 Å². The molecule has 0 aromatic heterocycles. The first-order valence-corrected chi connectivity index (χ1v) is 9.83. The van der Waals surface area contributed by atoms with E-state index in [0.717, 1.165) is 36.1 Å². The molecule has 0 bridgehead atoms. The van der Waals surface area contributed by atoms with Gasteiger partial charge in [-0.25, -0.2) is 4.79 Å². The van der Waals surface area contributed by atoms with E-state index in [1.54, 1.807) is 7.11 Å². The van der Waals surface area contributed by atoms with Crippen molar-refractivity contribution >= 4 is 5.97 Å². The highest BCUT2D eigenvalue weighted by Gasteiger charge is 2.10. The average Bonchev–Trinajstić information content (AvgIpc) is 2.68. The fourth-order valence-electron chi connectivity index (χ4n) is 2.38. The number of esters is 1. The van der Waals surface area contributed by atoms with E-state index in [2.05, 4.69) is 6.08 Å². The molecule has 0 saturated heterocycles.